The summed E-state index contributed by atoms with van der Waals surface area (Å²) in [6.07, 6.45) is 0. The molecule has 2 aliphatic rings. The van der Waals surface area contributed by atoms with E-state index in [0.717, 1.165) is 0 Å². The summed E-state index contributed by atoms with van der Waals surface area (Å²) in [6, 6.07) is 47.4. The number of anilines is 6. The zero-order valence-electron chi connectivity index (χ0n) is 37.4. The van der Waals surface area contributed by atoms with Gasteiger partial charge in [0.1, 0.15) is 0 Å². The fourth-order valence-electron chi connectivity index (χ4n) is 9.22. The highest BCUT2D eigenvalue weighted by Gasteiger charge is 2.44. The molecule has 3 heterocycles. The molecule has 59 heavy (non-hydrogen) atoms. The van der Waals surface area contributed by atoms with Crippen molar-refractivity contribution in [2.75, 3.05) is 9.80 Å². The molecule has 0 aliphatic carbocycles. The Hall–Kier alpha value is -5.06. The summed E-state index contributed by atoms with van der Waals surface area (Å²) in [5.41, 5.74) is 19.5. The van der Waals surface area contributed by atoms with Crippen molar-refractivity contribution in [3.63, 3.8) is 0 Å². The van der Waals surface area contributed by atoms with Crippen molar-refractivity contribution in [1.82, 2.24) is 0 Å². The van der Waals surface area contributed by atoms with Gasteiger partial charge in [0.25, 0.3) is 6.71 Å². The summed E-state index contributed by atoms with van der Waals surface area (Å²) in [5.74, 6) is 0. The lowest BCUT2D eigenvalue weighted by molar-refractivity contribution is 0.590. The molecule has 0 atom stereocenters. The van der Waals surface area contributed by atoms with Crippen LogP contribution in [0.5, 0.6) is 0 Å². The van der Waals surface area contributed by atoms with Gasteiger partial charge in [-0.25, -0.2) is 0 Å². The summed E-state index contributed by atoms with van der Waals surface area (Å²) in [6.45, 7) is 30.1. The SMILES string of the molecule is Cc1cc2c3c(c1)N(c1ccccc1-c1ccc(C(C)(C)C)cc1)c1cc4sc(C(C)(C)C)cc4cc1B3c1cc(C(C)(C)C)ccc1N2c1ccc(C(C)(C)C)cc1. The molecule has 2 aliphatic heterocycles. The Labute approximate surface area is 358 Å². The number of nitrogens with zero attached hydrogens (tertiary/aromatic N) is 2. The van der Waals surface area contributed by atoms with Gasteiger partial charge in [0.2, 0.25) is 0 Å². The molecule has 1 aromatic heterocycles. The van der Waals surface area contributed by atoms with Crippen molar-refractivity contribution >= 4 is 78.6 Å². The summed E-state index contributed by atoms with van der Waals surface area (Å²) >= 11 is 1.95. The first kappa shape index (κ1) is 39.4. The summed E-state index contributed by atoms with van der Waals surface area (Å²) < 4.78 is 1.34. The van der Waals surface area contributed by atoms with E-state index in [9.17, 15) is 0 Å². The number of benzene rings is 6. The first-order valence-electron chi connectivity index (χ1n) is 21.5. The molecule has 9 rings (SSSR count). The second-order valence-electron chi connectivity index (χ2n) is 21.3. The Morgan fingerprint density at radius 3 is 1.63 bits per heavy atom. The Kier molecular flexibility index (Phi) is 9.00. The molecule has 2 nitrogen and oxygen atoms in total. The van der Waals surface area contributed by atoms with Crippen molar-refractivity contribution < 1.29 is 0 Å². The van der Waals surface area contributed by atoms with Crippen LogP contribution in [0.15, 0.2) is 121 Å². The van der Waals surface area contributed by atoms with Crippen LogP contribution in [-0.4, -0.2) is 6.71 Å². The van der Waals surface area contributed by atoms with Crippen molar-refractivity contribution in [2.24, 2.45) is 0 Å². The van der Waals surface area contributed by atoms with Crippen molar-refractivity contribution in [2.45, 2.75) is 112 Å². The van der Waals surface area contributed by atoms with Gasteiger partial charge in [0.15, 0.2) is 0 Å². The van der Waals surface area contributed by atoms with Gasteiger partial charge < -0.3 is 9.80 Å². The topological polar surface area (TPSA) is 6.48 Å². The van der Waals surface area contributed by atoms with Crippen LogP contribution in [0.1, 0.15) is 110 Å². The van der Waals surface area contributed by atoms with Gasteiger partial charge in [-0.05, 0) is 127 Å². The predicted octanol–water partition coefficient (Wildman–Crippen LogP) is 14.1. The van der Waals surface area contributed by atoms with Gasteiger partial charge in [-0.1, -0.05) is 156 Å². The largest absolute Gasteiger partial charge is 0.311 e. The molecule has 0 unspecified atom stereocenters. The highest BCUT2D eigenvalue weighted by molar-refractivity contribution is 7.19. The minimum Gasteiger partial charge on any atom is -0.311 e. The maximum absolute atomic E-state index is 2.61. The number of para-hydroxylation sites is 1. The van der Waals surface area contributed by atoms with Gasteiger partial charge >= 0.3 is 0 Å². The van der Waals surface area contributed by atoms with E-state index in [2.05, 4.69) is 221 Å². The Balaban J connectivity index is 1.37. The minimum absolute atomic E-state index is 0.00542. The third kappa shape index (κ3) is 6.72. The minimum atomic E-state index is -0.00542. The number of hydrogen-bond acceptors (Lipinski definition) is 3. The first-order valence-corrected chi connectivity index (χ1v) is 22.3. The first-order chi connectivity index (χ1) is 27.7. The second-order valence-corrected chi connectivity index (χ2v) is 22.4. The zero-order chi connectivity index (χ0) is 42.0. The predicted molar refractivity (Wildman–Crippen MR) is 261 cm³/mol. The highest BCUT2D eigenvalue weighted by atomic mass is 32.1. The molecule has 7 aromatic rings. The lowest BCUT2D eigenvalue weighted by Crippen LogP contribution is -2.61. The standard InChI is InChI=1S/C55H59BN2S/c1-34-28-47-51-48(29-34)58(44-17-15-14-16-41(44)35-18-20-37(21-19-35)52(2,3)4)46-33-49-36(31-50(59-49)55(11,12)13)30-42(46)56(51)43-32-39(54(8,9)10)24-27-45(43)57(47)40-25-22-38(23-26-40)53(5,6)7/h14-33H,1-13H3. The Morgan fingerprint density at radius 1 is 0.458 bits per heavy atom. The third-order valence-electron chi connectivity index (χ3n) is 12.7. The number of thiophene rings is 1. The maximum Gasteiger partial charge on any atom is 0.252 e. The van der Waals surface area contributed by atoms with Crippen LogP contribution >= 0.6 is 11.3 Å². The third-order valence-corrected chi connectivity index (χ3v) is 14.2. The van der Waals surface area contributed by atoms with Crippen LogP contribution in [0.4, 0.5) is 34.1 Å². The maximum atomic E-state index is 2.61. The normalized spacial score (nSPS) is 14.1. The van der Waals surface area contributed by atoms with Gasteiger partial charge in [0.05, 0.1) is 5.69 Å². The van der Waals surface area contributed by atoms with Crippen LogP contribution in [0.25, 0.3) is 21.2 Å². The van der Waals surface area contributed by atoms with Gasteiger partial charge in [-0.15, -0.1) is 11.3 Å². The lowest BCUT2D eigenvalue weighted by atomic mass is 9.33. The van der Waals surface area contributed by atoms with Gasteiger partial charge in [-0.3, -0.25) is 0 Å². The Bertz CT molecular complexity index is 2760. The summed E-state index contributed by atoms with van der Waals surface area (Å²) in [4.78, 5) is 6.58. The average Bonchev–Trinajstić information content (AvgIpc) is 3.60. The molecule has 0 amide bonds. The smallest absolute Gasteiger partial charge is 0.252 e. The molecule has 0 N–H and O–H groups in total. The van der Waals surface area contributed by atoms with Crippen molar-refractivity contribution in [3.05, 3.63) is 148 Å². The van der Waals surface area contributed by atoms with Crippen LogP contribution in [0.3, 0.4) is 0 Å². The second kappa shape index (κ2) is 13.5. The number of fused-ring (bicyclic) bond motifs is 5. The van der Waals surface area contributed by atoms with Crippen LogP contribution < -0.4 is 26.2 Å². The molecular weight excluding hydrogens is 731 g/mol. The molecule has 298 valence electrons. The fourth-order valence-corrected chi connectivity index (χ4v) is 10.4. The van der Waals surface area contributed by atoms with E-state index in [-0.39, 0.29) is 28.4 Å². The van der Waals surface area contributed by atoms with Crippen molar-refractivity contribution in [3.8, 4) is 11.1 Å². The summed E-state index contributed by atoms with van der Waals surface area (Å²) in [5, 5.41) is 1.33. The highest BCUT2D eigenvalue weighted by Crippen LogP contribution is 2.49. The van der Waals surface area contributed by atoms with E-state index >= 15 is 0 Å². The van der Waals surface area contributed by atoms with Crippen LogP contribution in [0.2, 0.25) is 0 Å². The van der Waals surface area contributed by atoms with Gasteiger partial charge in [-0.2, -0.15) is 0 Å². The molecule has 0 fully saturated rings. The molecule has 0 spiro atoms. The van der Waals surface area contributed by atoms with E-state index in [4.69, 9.17) is 0 Å². The van der Waals surface area contributed by atoms with Crippen LogP contribution in [0, 0.1) is 6.92 Å². The number of hydrogen-bond donors (Lipinski definition) is 0. The van der Waals surface area contributed by atoms with E-state index < -0.39 is 0 Å². The van der Waals surface area contributed by atoms with E-state index in [1.54, 1.807) is 0 Å². The number of aryl methyl sites for hydroxylation is 1. The van der Waals surface area contributed by atoms with E-state index in [1.807, 2.05) is 11.3 Å². The average molecular weight is 791 g/mol. The van der Waals surface area contributed by atoms with E-state index in [1.165, 1.54) is 98.9 Å². The molecule has 0 bridgehead atoms. The molecule has 0 radical (unpaired) electrons. The van der Waals surface area contributed by atoms with Crippen LogP contribution in [-0.2, 0) is 21.7 Å². The Morgan fingerprint density at radius 2 is 1.02 bits per heavy atom. The van der Waals surface area contributed by atoms with E-state index in [0.29, 0.717) is 0 Å². The molecule has 0 saturated carbocycles. The van der Waals surface area contributed by atoms with Crippen molar-refractivity contribution in [1.29, 1.82) is 0 Å². The quantitative estimate of drug-likeness (QED) is 0.165. The fraction of sp³-hybridized carbons (Fsp3) is 0.309. The summed E-state index contributed by atoms with van der Waals surface area (Å²) in [7, 11) is 0. The molecule has 6 aromatic carbocycles. The van der Waals surface area contributed by atoms with Gasteiger partial charge in [0, 0.05) is 43.6 Å². The molecular formula is C55H59BN2S. The monoisotopic (exact) mass is 790 g/mol. The lowest BCUT2D eigenvalue weighted by Gasteiger charge is -2.45. The molecule has 0 saturated heterocycles. The zero-order valence-corrected chi connectivity index (χ0v) is 38.2. The number of rotatable bonds is 3. The molecule has 4 heteroatoms.